The van der Waals surface area contributed by atoms with Crippen LogP contribution in [0.1, 0.15) is 20.3 Å². The third-order valence-electron chi connectivity index (χ3n) is 2.04. The van der Waals surface area contributed by atoms with Crippen LogP contribution in [0.15, 0.2) is 0 Å². The van der Waals surface area contributed by atoms with E-state index >= 15 is 0 Å². The normalized spacial score (nSPS) is 36.0. The molecule has 1 aliphatic heterocycles. The van der Waals surface area contributed by atoms with Crippen molar-refractivity contribution in [2.75, 3.05) is 13.2 Å². The topological polar surface area (TPSA) is 9.23 Å². The van der Waals surface area contributed by atoms with Gasteiger partial charge in [-0.2, -0.15) is 0 Å². The molecule has 0 amide bonds. The molecule has 1 heterocycles. The summed E-state index contributed by atoms with van der Waals surface area (Å²) in [5, 5.41) is 0. The standard InChI is InChI=1S/C7H13FO/c1-6(2)7(8)3-4-9-5-7/h6H,3-5H2,1-2H3/t7-/m1/s1. The highest BCUT2D eigenvalue weighted by Gasteiger charge is 2.37. The van der Waals surface area contributed by atoms with E-state index in [9.17, 15) is 4.39 Å². The third kappa shape index (κ3) is 1.23. The molecule has 1 atom stereocenters. The summed E-state index contributed by atoms with van der Waals surface area (Å²) in [5.74, 6) is 0.0972. The molecule has 0 unspecified atom stereocenters. The Kier molecular flexibility index (Phi) is 1.75. The second-order valence-corrected chi connectivity index (χ2v) is 2.99. The largest absolute Gasteiger partial charge is 0.378 e. The maximum Gasteiger partial charge on any atom is 0.138 e. The zero-order valence-corrected chi connectivity index (χ0v) is 5.98. The summed E-state index contributed by atoms with van der Waals surface area (Å²) in [6.07, 6.45) is 0.574. The molecule has 0 aromatic heterocycles. The summed E-state index contributed by atoms with van der Waals surface area (Å²) in [6.45, 7) is 4.68. The monoisotopic (exact) mass is 132 g/mol. The van der Waals surface area contributed by atoms with Crippen molar-refractivity contribution in [1.82, 2.24) is 0 Å². The fourth-order valence-corrected chi connectivity index (χ4v) is 1.01. The number of ether oxygens (including phenoxy) is 1. The predicted octanol–water partition coefficient (Wildman–Crippen LogP) is 1.77. The maximum atomic E-state index is 13.3. The molecule has 2 heteroatoms. The zero-order valence-electron chi connectivity index (χ0n) is 5.98. The van der Waals surface area contributed by atoms with E-state index in [2.05, 4.69) is 0 Å². The van der Waals surface area contributed by atoms with Gasteiger partial charge in [0, 0.05) is 13.0 Å². The lowest BCUT2D eigenvalue weighted by Crippen LogP contribution is -2.29. The highest BCUT2D eigenvalue weighted by atomic mass is 19.1. The van der Waals surface area contributed by atoms with E-state index < -0.39 is 5.67 Å². The zero-order chi connectivity index (χ0) is 6.91. The second-order valence-electron chi connectivity index (χ2n) is 2.99. The first-order chi connectivity index (χ1) is 4.15. The van der Waals surface area contributed by atoms with Gasteiger partial charge < -0.3 is 4.74 Å². The first kappa shape index (κ1) is 7.00. The summed E-state index contributed by atoms with van der Waals surface area (Å²) >= 11 is 0. The molecule has 1 saturated heterocycles. The van der Waals surface area contributed by atoms with E-state index in [1.54, 1.807) is 0 Å². The summed E-state index contributed by atoms with van der Waals surface area (Å²) < 4.78 is 18.3. The van der Waals surface area contributed by atoms with Gasteiger partial charge in [-0.25, -0.2) is 4.39 Å². The third-order valence-corrected chi connectivity index (χ3v) is 2.04. The average Bonchev–Trinajstić information content (AvgIpc) is 2.16. The van der Waals surface area contributed by atoms with Crippen molar-refractivity contribution in [2.45, 2.75) is 25.9 Å². The van der Waals surface area contributed by atoms with E-state index in [0.29, 0.717) is 19.6 Å². The van der Waals surface area contributed by atoms with Crippen LogP contribution in [0.2, 0.25) is 0 Å². The minimum absolute atomic E-state index is 0.0972. The molecule has 0 radical (unpaired) electrons. The van der Waals surface area contributed by atoms with E-state index in [4.69, 9.17) is 4.74 Å². The van der Waals surface area contributed by atoms with Gasteiger partial charge in [0.2, 0.25) is 0 Å². The molecule has 0 N–H and O–H groups in total. The molecular weight excluding hydrogens is 119 g/mol. The molecule has 0 bridgehead atoms. The van der Waals surface area contributed by atoms with Gasteiger partial charge in [0.05, 0.1) is 6.61 Å². The van der Waals surface area contributed by atoms with Gasteiger partial charge in [0.15, 0.2) is 0 Å². The minimum atomic E-state index is -1.03. The van der Waals surface area contributed by atoms with Crippen LogP contribution in [0.25, 0.3) is 0 Å². The van der Waals surface area contributed by atoms with Gasteiger partial charge in [0.1, 0.15) is 5.67 Å². The van der Waals surface area contributed by atoms with Crippen molar-refractivity contribution in [3.05, 3.63) is 0 Å². The maximum absolute atomic E-state index is 13.3. The van der Waals surface area contributed by atoms with E-state index in [1.165, 1.54) is 0 Å². The van der Waals surface area contributed by atoms with Crippen LogP contribution >= 0.6 is 0 Å². The summed E-state index contributed by atoms with van der Waals surface area (Å²) in [5.41, 5.74) is -1.03. The Labute approximate surface area is 55.2 Å². The van der Waals surface area contributed by atoms with Crippen LogP contribution in [0.4, 0.5) is 4.39 Å². The molecule has 54 valence electrons. The quantitative estimate of drug-likeness (QED) is 0.528. The van der Waals surface area contributed by atoms with Crippen molar-refractivity contribution in [3.63, 3.8) is 0 Å². The lowest BCUT2D eigenvalue weighted by atomic mass is 9.92. The fraction of sp³-hybridized carbons (Fsp3) is 1.00. The first-order valence-corrected chi connectivity index (χ1v) is 3.42. The van der Waals surface area contributed by atoms with Crippen LogP contribution in [-0.4, -0.2) is 18.9 Å². The van der Waals surface area contributed by atoms with Crippen LogP contribution in [0.5, 0.6) is 0 Å². The molecular formula is C7H13FO. The number of halogens is 1. The van der Waals surface area contributed by atoms with Gasteiger partial charge in [-0.3, -0.25) is 0 Å². The molecule has 0 aromatic rings. The molecule has 1 aliphatic rings. The van der Waals surface area contributed by atoms with Gasteiger partial charge >= 0.3 is 0 Å². The van der Waals surface area contributed by atoms with Crippen molar-refractivity contribution >= 4 is 0 Å². The Bertz CT molecular complexity index is 95.1. The molecule has 1 nitrogen and oxygen atoms in total. The molecule has 0 saturated carbocycles. The van der Waals surface area contributed by atoms with E-state index in [0.717, 1.165) is 0 Å². The lowest BCUT2D eigenvalue weighted by molar-refractivity contribution is 0.0730. The Morgan fingerprint density at radius 1 is 1.56 bits per heavy atom. The summed E-state index contributed by atoms with van der Waals surface area (Å²) in [7, 11) is 0. The highest BCUT2D eigenvalue weighted by Crippen LogP contribution is 2.30. The SMILES string of the molecule is CC(C)[C@@]1(F)CCOC1. The van der Waals surface area contributed by atoms with Crippen LogP contribution in [0, 0.1) is 5.92 Å². The van der Waals surface area contributed by atoms with Gasteiger partial charge in [0.25, 0.3) is 0 Å². The van der Waals surface area contributed by atoms with Crippen LogP contribution < -0.4 is 0 Å². The van der Waals surface area contributed by atoms with Crippen molar-refractivity contribution < 1.29 is 9.13 Å². The lowest BCUT2D eigenvalue weighted by Gasteiger charge is -2.20. The summed E-state index contributed by atoms with van der Waals surface area (Å²) in [4.78, 5) is 0. The van der Waals surface area contributed by atoms with Gasteiger partial charge in [-0.15, -0.1) is 0 Å². The van der Waals surface area contributed by atoms with E-state index in [-0.39, 0.29) is 5.92 Å². The minimum Gasteiger partial charge on any atom is -0.378 e. The Morgan fingerprint density at radius 2 is 2.22 bits per heavy atom. The second kappa shape index (κ2) is 2.25. The smallest absolute Gasteiger partial charge is 0.138 e. The molecule has 0 spiro atoms. The average molecular weight is 132 g/mol. The molecule has 1 rings (SSSR count). The van der Waals surface area contributed by atoms with Gasteiger partial charge in [-0.05, 0) is 5.92 Å². The Morgan fingerprint density at radius 3 is 2.44 bits per heavy atom. The van der Waals surface area contributed by atoms with Crippen LogP contribution in [0.3, 0.4) is 0 Å². The van der Waals surface area contributed by atoms with Crippen molar-refractivity contribution in [1.29, 1.82) is 0 Å². The Balaban J connectivity index is 2.51. The number of rotatable bonds is 1. The van der Waals surface area contributed by atoms with Crippen molar-refractivity contribution in [3.8, 4) is 0 Å². The Hall–Kier alpha value is -0.110. The van der Waals surface area contributed by atoms with Gasteiger partial charge in [-0.1, -0.05) is 13.8 Å². The summed E-state index contributed by atoms with van der Waals surface area (Å²) in [6, 6.07) is 0. The number of hydrogen-bond donors (Lipinski definition) is 0. The molecule has 0 aromatic carbocycles. The fourth-order valence-electron chi connectivity index (χ4n) is 1.01. The van der Waals surface area contributed by atoms with E-state index in [1.807, 2.05) is 13.8 Å². The van der Waals surface area contributed by atoms with Crippen molar-refractivity contribution in [2.24, 2.45) is 5.92 Å². The predicted molar refractivity (Wildman–Crippen MR) is 34.1 cm³/mol. The first-order valence-electron chi connectivity index (χ1n) is 3.42. The molecule has 1 fully saturated rings. The highest BCUT2D eigenvalue weighted by molar-refractivity contribution is 4.85. The number of alkyl halides is 1. The molecule has 0 aliphatic carbocycles. The van der Waals surface area contributed by atoms with Crippen LogP contribution in [-0.2, 0) is 4.74 Å². The number of hydrogen-bond acceptors (Lipinski definition) is 1. The molecule has 9 heavy (non-hydrogen) atoms.